The maximum absolute atomic E-state index is 13.4. The van der Waals surface area contributed by atoms with Crippen molar-refractivity contribution < 1.29 is 13.2 Å². The van der Waals surface area contributed by atoms with Crippen LogP contribution in [0.2, 0.25) is 0 Å². The van der Waals surface area contributed by atoms with Gasteiger partial charge in [-0.15, -0.1) is 0 Å². The third-order valence-corrected chi connectivity index (χ3v) is 8.61. The van der Waals surface area contributed by atoms with Crippen molar-refractivity contribution in [3.63, 3.8) is 0 Å². The smallest absolute Gasteiger partial charge is 0.241 e. The highest BCUT2D eigenvalue weighted by Gasteiger charge is 2.38. The highest BCUT2D eigenvalue weighted by Crippen LogP contribution is 2.39. The molecular weight excluding hydrogens is 420 g/mol. The predicted molar refractivity (Wildman–Crippen MR) is 128 cm³/mol. The van der Waals surface area contributed by atoms with Crippen molar-refractivity contribution in [2.75, 3.05) is 20.2 Å². The molecule has 6 heteroatoms. The van der Waals surface area contributed by atoms with Crippen LogP contribution in [-0.2, 0) is 10.0 Å². The molecule has 0 bridgehead atoms. The number of aryl methyl sites for hydroxylation is 1. The molecule has 0 aromatic heterocycles. The molecule has 174 valence electrons. The number of hydrogen-bond donors (Lipinski definition) is 1. The summed E-state index contributed by atoms with van der Waals surface area (Å²) in [5.74, 6) is 1.03. The molecule has 1 N–H and O–H groups in total. The average Bonchev–Trinajstić information content (AvgIpc) is 2.83. The SMILES string of the molecule is COc1ccc([C@H](NS(=O)(=O)c2ccc(C)cc2)[C@@H]2CCCC[C@@H]2N2CCCCC2)cc1. The number of benzene rings is 2. The molecule has 3 atom stereocenters. The van der Waals surface area contributed by atoms with Crippen molar-refractivity contribution >= 4 is 10.0 Å². The van der Waals surface area contributed by atoms with Crippen molar-refractivity contribution in [3.8, 4) is 5.75 Å². The van der Waals surface area contributed by atoms with E-state index in [1.54, 1.807) is 19.2 Å². The van der Waals surface area contributed by atoms with E-state index in [0.717, 1.165) is 49.2 Å². The average molecular weight is 457 g/mol. The van der Waals surface area contributed by atoms with Crippen LogP contribution in [0.25, 0.3) is 0 Å². The van der Waals surface area contributed by atoms with Gasteiger partial charge in [0, 0.05) is 6.04 Å². The number of hydrogen-bond acceptors (Lipinski definition) is 4. The Hall–Kier alpha value is -1.89. The van der Waals surface area contributed by atoms with Gasteiger partial charge >= 0.3 is 0 Å². The van der Waals surface area contributed by atoms with Gasteiger partial charge in [-0.1, -0.05) is 49.1 Å². The van der Waals surface area contributed by atoms with E-state index < -0.39 is 10.0 Å². The molecule has 0 radical (unpaired) electrons. The Labute approximate surface area is 193 Å². The number of likely N-dealkylation sites (tertiary alicyclic amines) is 1. The Morgan fingerprint density at radius 3 is 2.22 bits per heavy atom. The number of ether oxygens (including phenoxy) is 1. The third-order valence-electron chi connectivity index (χ3n) is 7.16. The van der Waals surface area contributed by atoms with Gasteiger partial charge < -0.3 is 9.64 Å². The van der Waals surface area contributed by atoms with Crippen LogP contribution in [0, 0.1) is 12.8 Å². The zero-order valence-corrected chi connectivity index (χ0v) is 20.1. The Morgan fingerprint density at radius 2 is 1.56 bits per heavy atom. The van der Waals surface area contributed by atoms with Crippen LogP contribution in [0.4, 0.5) is 0 Å². The Bertz CT molecular complexity index is 967. The van der Waals surface area contributed by atoms with Gasteiger partial charge in [-0.25, -0.2) is 13.1 Å². The van der Waals surface area contributed by atoms with E-state index in [2.05, 4.69) is 9.62 Å². The van der Waals surface area contributed by atoms with Gasteiger partial charge in [-0.2, -0.15) is 0 Å². The number of piperidine rings is 1. The van der Waals surface area contributed by atoms with E-state index in [1.807, 2.05) is 43.3 Å². The van der Waals surface area contributed by atoms with Crippen molar-refractivity contribution in [2.24, 2.45) is 5.92 Å². The minimum atomic E-state index is -3.64. The minimum absolute atomic E-state index is 0.246. The van der Waals surface area contributed by atoms with Gasteiger partial charge in [-0.05, 0) is 81.4 Å². The van der Waals surface area contributed by atoms with E-state index in [-0.39, 0.29) is 12.0 Å². The van der Waals surface area contributed by atoms with Gasteiger partial charge in [-0.3, -0.25) is 0 Å². The lowest BCUT2D eigenvalue weighted by atomic mass is 9.76. The standard InChI is InChI=1S/C26H36N2O3S/c1-20-10-16-23(17-11-20)32(29,30)27-26(21-12-14-22(31-2)15-13-21)24-8-4-5-9-25(24)28-18-6-3-7-19-28/h10-17,24-27H,3-9,18-19H2,1-2H3/t24-,25+,26+/m1/s1. The maximum atomic E-state index is 13.4. The fourth-order valence-electron chi connectivity index (χ4n) is 5.40. The summed E-state index contributed by atoms with van der Waals surface area (Å²) < 4.78 is 35.3. The molecule has 2 aromatic rings. The molecular formula is C26H36N2O3S. The van der Waals surface area contributed by atoms with Gasteiger partial charge in [0.25, 0.3) is 0 Å². The van der Waals surface area contributed by atoms with Gasteiger partial charge in [0.1, 0.15) is 5.75 Å². The van der Waals surface area contributed by atoms with Gasteiger partial charge in [0.2, 0.25) is 10.0 Å². The van der Waals surface area contributed by atoms with Crippen LogP contribution >= 0.6 is 0 Å². The summed E-state index contributed by atoms with van der Waals surface area (Å²) in [6, 6.07) is 15.2. The second kappa shape index (κ2) is 10.4. The van der Waals surface area contributed by atoms with E-state index in [1.165, 1.54) is 25.7 Å². The molecule has 2 aromatic carbocycles. The van der Waals surface area contributed by atoms with E-state index in [9.17, 15) is 8.42 Å². The summed E-state index contributed by atoms with van der Waals surface area (Å²) in [5, 5.41) is 0. The maximum Gasteiger partial charge on any atom is 0.241 e. The first-order chi connectivity index (χ1) is 15.5. The highest BCUT2D eigenvalue weighted by atomic mass is 32.2. The molecule has 0 unspecified atom stereocenters. The number of nitrogens with one attached hydrogen (secondary N) is 1. The molecule has 0 amide bonds. The summed E-state index contributed by atoms with van der Waals surface area (Å²) in [6.07, 6.45) is 8.33. The molecule has 32 heavy (non-hydrogen) atoms. The molecule has 0 spiro atoms. The summed E-state index contributed by atoms with van der Waals surface area (Å²) in [4.78, 5) is 2.95. The van der Waals surface area contributed by atoms with Crippen LogP contribution in [-0.4, -0.2) is 39.6 Å². The predicted octanol–water partition coefficient (Wildman–Crippen LogP) is 5.07. The summed E-state index contributed by atoms with van der Waals surface area (Å²) in [6.45, 7) is 4.22. The first-order valence-electron chi connectivity index (χ1n) is 11.9. The molecule has 1 heterocycles. The van der Waals surface area contributed by atoms with Crippen molar-refractivity contribution in [3.05, 3.63) is 59.7 Å². The van der Waals surface area contributed by atoms with Gasteiger partial charge in [0.15, 0.2) is 0 Å². The lowest BCUT2D eigenvalue weighted by Gasteiger charge is -2.45. The normalized spacial score (nSPS) is 23.6. The number of methoxy groups -OCH3 is 1. The number of rotatable bonds is 7. The fourth-order valence-corrected chi connectivity index (χ4v) is 6.67. The molecule has 2 fully saturated rings. The zero-order valence-electron chi connectivity index (χ0n) is 19.3. The second-order valence-electron chi connectivity index (χ2n) is 9.30. The van der Waals surface area contributed by atoms with Gasteiger partial charge in [0.05, 0.1) is 18.0 Å². The summed E-state index contributed by atoms with van der Waals surface area (Å²) >= 11 is 0. The monoisotopic (exact) mass is 456 g/mol. The molecule has 1 saturated heterocycles. The second-order valence-corrected chi connectivity index (χ2v) is 11.0. The molecule has 4 rings (SSSR count). The van der Waals surface area contributed by atoms with E-state index in [0.29, 0.717) is 10.9 Å². The number of sulfonamides is 1. The molecule has 1 aliphatic heterocycles. The van der Waals surface area contributed by atoms with Crippen LogP contribution in [0.1, 0.15) is 62.1 Å². The lowest BCUT2D eigenvalue weighted by molar-refractivity contribution is 0.0695. The summed E-state index contributed by atoms with van der Waals surface area (Å²) in [5.41, 5.74) is 2.06. The topological polar surface area (TPSA) is 58.6 Å². The van der Waals surface area contributed by atoms with E-state index in [4.69, 9.17) is 4.74 Å². The van der Waals surface area contributed by atoms with Crippen LogP contribution in [0.5, 0.6) is 5.75 Å². The Morgan fingerprint density at radius 1 is 0.906 bits per heavy atom. The first-order valence-corrected chi connectivity index (χ1v) is 13.4. The third kappa shape index (κ3) is 5.36. The molecule has 5 nitrogen and oxygen atoms in total. The summed E-state index contributed by atoms with van der Waals surface area (Å²) in [7, 11) is -1.99. The molecule has 2 aliphatic rings. The zero-order chi connectivity index (χ0) is 22.6. The quantitative estimate of drug-likeness (QED) is 0.632. The lowest BCUT2D eigenvalue weighted by Crippen LogP contribution is -2.49. The van der Waals surface area contributed by atoms with Crippen LogP contribution in [0.15, 0.2) is 53.4 Å². The first kappa shape index (κ1) is 23.3. The largest absolute Gasteiger partial charge is 0.497 e. The number of nitrogens with zero attached hydrogens (tertiary/aromatic N) is 1. The van der Waals surface area contributed by atoms with E-state index >= 15 is 0 Å². The van der Waals surface area contributed by atoms with Crippen LogP contribution < -0.4 is 9.46 Å². The fraction of sp³-hybridized carbons (Fsp3) is 0.538. The Kier molecular flexibility index (Phi) is 7.54. The van der Waals surface area contributed by atoms with Crippen molar-refractivity contribution in [1.82, 2.24) is 9.62 Å². The molecule has 1 aliphatic carbocycles. The molecule has 1 saturated carbocycles. The van der Waals surface area contributed by atoms with Crippen LogP contribution in [0.3, 0.4) is 0 Å². The van der Waals surface area contributed by atoms with Crippen molar-refractivity contribution in [1.29, 1.82) is 0 Å². The van der Waals surface area contributed by atoms with Crippen molar-refractivity contribution in [2.45, 2.75) is 68.8 Å². The highest BCUT2D eigenvalue weighted by molar-refractivity contribution is 7.89. The minimum Gasteiger partial charge on any atom is -0.497 e. The Balaban J connectivity index is 1.68.